The van der Waals surface area contributed by atoms with E-state index in [-0.39, 0.29) is 12.4 Å². The Labute approximate surface area is 200 Å². The van der Waals surface area contributed by atoms with Gasteiger partial charge in [-0.05, 0) is 62.1 Å². The van der Waals surface area contributed by atoms with Gasteiger partial charge in [-0.2, -0.15) is 8.42 Å². The van der Waals surface area contributed by atoms with E-state index in [1.807, 2.05) is 6.92 Å². The molecule has 10 heteroatoms. The molecule has 0 heterocycles. The molecule has 186 valence electrons. The number of carbonyl (C=O) groups is 2. The van der Waals surface area contributed by atoms with Gasteiger partial charge in [0.15, 0.2) is 6.10 Å². The van der Waals surface area contributed by atoms with Crippen molar-refractivity contribution < 1.29 is 36.4 Å². The molecule has 1 atom stereocenters. The van der Waals surface area contributed by atoms with Crippen LogP contribution in [0.4, 0.5) is 10.5 Å². The molecule has 1 amide bonds. The van der Waals surface area contributed by atoms with E-state index >= 15 is 0 Å². The summed E-state index contributed by atoms with van der Waals surface area (Å²) in [6.45, 7) is 4.48. The molecule has 0 aliphatic rings. The Balaban J connectivity index is 1.74. The first-order chi connectivity index (χ1) is 16.2. The number of rotatable bonds is 13. The second kappa shape index (κ2) is 13.6. The summed E-state index contributed by atoms with van der Waals surface area (Å²) in [7, 11) is -3.55. The van der Waals surface area contributed by atoms with E-state index in [9.17, 15) is 18.0 Å². The predicted octanol–water partition coefficient (Wildman–Crippen LogP) is 3.72. The van der Waals surface area contributed by atoms with Crippen LogP contribution in [0, 0.1) is 0 Å². The van der Waals surface area contributed by atoms with Crippen LogP contribution in [0.1, 0.15) is 31.4 Å². The lowest BCUT2D eigenvalue weighted by molar-refractivity contribution is -0.156. The topological polar surface area (TPSA) is 117 Å². The van der Waals surface area contributed by atoms with E-state index < -0.39 is 28.3 Å². The van der Waals surface area contributed by atoms with Crippen molar-refractivity contribution in [2.75, 3.05) is 31.4 Å². The van der Waals surface area contributed by atoms with E-state index in [1.165, 1.54) is 0 Å². The van der Waals surface area contributed by atoms with Crippen molar-refractivity contribution in [2.45, 2.75) is 39.2 Å². The minimum atomic E-state index is -3.55. The molecule has 0 bridgehead atoms. The number of hydrogen-bond acceptors (Lipinski definition) is 8. The lowest BCUT2D eigenvalue weighted by Gasteiger charge is -2.15. The Morgan fingerprint density at radius 3 is 2.15 bits per heavy atom. The minimum absolute atomic E-state index is 0.223. The van der Waals surface area contributed by atoms with Gasteiger partial charge in [-0.15, -0.1) is 0 Å². The summed E-state index contributed by atoms with van der Waals surface area (Å²) >= 11 is 0. The van der Waals surface area contributed by atoms with Crippen molar-refractivity contribution in [2.24, 2.45) is 0 Å². The second-order valence-electron chi connectivity index (χ2n) is 7.39. The first-order valence-electron chi connectivity index (χ1n) is 11.0. The number of aryl methyl sites for hydroxylation is 1. The minimum Gasteiger partial charge on any atom is -0.464 e. The van der Waals surface area contributed by atoms with Crippen molar-refractivity contribution in [1.29, 1.82) is 0 Å². The number of benzene rings is 2. The third-order valence-electron chi connectivity index (χ3n) is 4.55. The quantitative estimate of drug-likeness (QED) is 0.255. The normalized spacial score (nSPS) is 12.0. The van der Waals surface area contributed by atoms with E-state index in [4.69, 9.17) is 18.4 Å². The Bertz CT molecular complexity index is 1020. The summed E-state index contributed by atoms with van der Waals surface area (Å²) in [5.74, 6) is -0.143. The summed E-state index contributed by atoms with van der Waals surface area (Å²) in [4.78, 5) is 24.0. The first-order valence-corrected chi connectivity index (χ1v) is 12.8. The maximum Gasteiger partial charge on any atom is 0.411 e. The van der Waals surface area contributed by atoms with E-state index in [2.05, 4.69) is 5.32 Å². The van der Waals surface area contributed by atoms with Crippen molar-refractivity contribution in [3.63, 3.8) is 0 Å². The van der Waals surface area contributed by atoms with Crippen LogP contribution in [-0.2, 0) is 42.0 Å². The van der Waals surface area contributed by atoms with E-state index in [0.717, 1.165) is 17.4 Å². The average Bonchev–Trinajstić information content (AvgIpc) is 2.78. The Kier molecular flexibility index (Phi) is 10.8. The molecule has 0 saturated carbocycles. The smallest absolute Gasteiger partial charge is 0.411 e. The summed E-state index contributed by atoms with van der Waals surface area (Å²) in [6.07, 6.45) is 1.38. The van der Waals surface area contributed by atoms with Crippen molar-refractivity contribution in [3.8, 4) is 5.75 Å². The van der Waals surface area contributed by atoms with Crippen molar-refractivity contribution in [3.05, 3.63) is 59.7 Å². The molecule has 1 N–H and O–H groups in total. The second-order valence-corrected chi connectivity index (χ2v) is 8.97. The van der Waals surface area contributed by atoms with E-state index in [1.54, 1.807) is 55.5 Å². The molecule has 0 aliphatic heterocycles. The van der Waals surface area contributed by atoms with Crippen LogP contribution in [0.3, 0.4) is 0 Å². The van der Waals surface area contributed by atoms with E-state index in [0.29, 0.717) is 38.2 Å². The third kappa shape index (κ3) is 10.2. The molecule has 34 heavy (non-hydrogen) atoms. The number of hydrogen-bond donors (Lipinski definition) is 1. The molecule has 0 radical (unpaired) electrons. The lowest BCUT2D eigenvalue weighted by Crippen LogP contribution is -2.29. The highest BCUT2D eigenvalue weighted by molar-refractivity contribution is 7.86. The van der Waals surface area contributed by atoms with Gasteiger partial charge in [0.05, 0.1) is 19.5 Å². The SMILES string of the molecule is CCOC(=O)C(Cc1ccc(NC(=O)OCCCc2ccc(OS(C)(=O)=O)cc2)cc1)OCC. The molecule has 0 aliphatic carbocycles. The fourth-order valence-electron chi connectivity index (χ4n) is 3.07. The highest BCUT2D eigenvalue weighted by atomic mass is 32.2. The van der Waals surface area contributed by atoms with Gasteiger partial charge in [-0.1, -0.05) is 24.3 Å². The highest BCUT2D eigenvalue weighted by Crippen LogP contribution is 2.16. The summed E-state index contributed by atoms with van der Waals surface area (Å²) in [6, 6.07) is 13.8. The third-order valence-corrected chi connectivity index (χ3v) is 5.05. The van der Waals surface area contributed by atoms with Crippen LogP contribution >= 0.6 is 0 Å². The largest absolute Gasteiger partial charge is 0.464 e. The van der Waals surface area contributed by atoms with Gasteiger partial charge < -0.3 is 18.4 Å². The van der Waals surface area contributed by atoms with Gasteiger partial charge in [-0.3, -0.25) is 5.32 Å². The van der Waals surface area contributed by atoms with Crippen molar-refractivity contribution >= 4 is 27.9 Å². The zero-order valence-corrected chi connectivity index (χ0v) is 20.4. The Morgan fingerprint density at radius 2 is 1.56 bits per heavy atom. The number of nitrogens with one attached hydrogen (secondary N) is 1. The van der Waals surface area contributed by atoms with Gasteiger partial charge in [0.25, 0.3) is 0 Å². The fourth-order valence-corrected chi connectivity index (χ4v) is 3.53. The molecule has 2 rings (SSSR count). The number of anilines is 1. The zero-order chi connectivity index (χ0) is 25.0. The number of esters is 1. The molecular formula is C24H31NO8S. The maximum absolute atomic E-state index is 12.0. The number of amides is 1. The van der Waals surface area contributed by atoms with Crippen molar-refractivity contribution in [1.82, 2.24) is 0 Å². The van der Waals surface area contributed by atoms with Gasteiger partial charge in [0.2, 0.25) is 0 Å². The molecule has 2 aromatic rings. The zero-order valence-electron chi connectivity index (χ0n) is 19.6. The van der Waals surface area contributed by atoms with Gasteiger partial charge in [-0.25, -0.2) is 9.59 Å². The van der Waals surface area contributed by atoms with Crippen LogP contribution in [0.2, 0.25) is 0 Å². The Morgan fingerprint density at radius 1 is 0.912 bits per heavy atom. The molecule has 1 unspecified atom stereocenters. The van der Waals surface area contributed by atoms with Crippen LogP contribution in [0.25, 0.3) is 0 Å². The summed E-state index contributed by atoms with van der Waals surface area (Å²) in [5, 5.41) is 2.66. The standard InChI is InChI=1S/C24H31NO8S/c1-4-30-22(23(26)31-5-2)17-19-8-12-20(13-9-19)25-24(27)32-16-6-7-18-10-14-21(15-11-18)33-34(3,28)29/h8-15,22H,4-7,16-17H2,1-3H3,(H,25,27). The molecule has 0 spiro atoms. The van der Waals surface area contributed by atoms with Crippen LogP contribution < -0.4 is 9.50 Å². The molecule has 2 aromatic carbocycles. The molecule has 0 saturated heterocycles. The van der Waals surface area contributed by atoms with Crippen LogP contribution in [0.5, 0.6) is 5.75 Å². The van der Waals surface area contributed by atoms with Crippen LogP contribution in [0.15, 0.2) is 48.5 Å². The number of ether oxygens (including phenoxy) is 3. The van der Waals surface area contributed by atoms with Gasteiger partial charge in [0.1, 0.15) is 5.75 Å². The summed E-state index contributed by atoms with van der Waals surface area (Å²) < 4.78 is 42.8. The first kappa shape index (κ1) is 27.1. The fraction of sp³-hybridized carbons (Fsp3) is 0.417. The predicted molar refractivity (Wildman–Crippen MR) is 127 cm³/mol. The number of carbonyl (C=O) groups excluding carboxylic acids is 2. The molecule has 9 nitrogen and oxygen atoms in total. The molecule has 0 aromatic heterocycles. The molecule has 0 fully saturated rings. The van der Waals surface area contributed by atoms with Gasteiger partial charge in [0, 0.05) is 18.7 Å². The highest BCUT2D eigenvalue weighted by Gasteiger charge is 2.20. The lowest BCUT2D eigenvalue weighted by atomic mass is 10.1. The Hall–Kier alpha value is -3.11. The van der Waals surface area contributed by atoms with Crippen LogP contribution in [-0.4, -0.2) is 52.7 Å². The van der Waals surface area contributed by atoms with Gasteiger partial charge >= 0.3 is 22.2 Å². The molecular weight excluding hydrogens is 462 g/mol. The maximum atomic E-state index is 12.0. The summed E-state index contributed by atoms with van der Waals surface area (Å²) in [5.41, 5.74) is 2.41. The monoisotopic (exact) mass is 493 g/mol. The average molecular weight is 494 g/mol.